The first-order valence-electron chi connectivity index (χ1n) is 8.04. The van der Waals surface area contributed by atoms with E-state index >= 15 is 0 Å². The van der Waals surface area contributed by atoms with Crippen LogP contribution in [0.5, 0.6) is 5.75 Å². The molecule has 128 valence electrons. The lowest BCUT2D eigenvalue weighted by molar-refractivity contribution is -0.119. The number of anilines is 1. The highest BCUT2D eigenvalue weighted by molar-refractivity contribution is 5.93. The fraction of sp³-hybridized carbons (Fsp3) is 0.500. The largest absolute Gasteiger partial charge is 0.494 e. The van der Waals surface area contributed by atoms with Gasteiger partial charge in [0.15, 0.2) is 5.82 Å². The molecular weight excluding hydrogens is 308 g/mol. The van der Waals surface area contributed by atoms with E-state index in [2.05, 4.69) is 20.8 Å². The molecule has 0 aliphatic heterocycles. The zero-order valence-corrected chi connectivity index (χ0v) is 14.1. The minimum absolute atomic E-state index is 0.125. The van der Waals surface area contributed by atoms with Crippen LogP contribution in [0.2, 0.25) is 0 Å². The third-order valence-corrected chi connectivity index (χ3v) is 4.31. The molecule has 3 N–H and O–H groups in total. The van der Waals surface area contributed by atoms with Crippen molar-refractivity contribution in [1.82, 2.24) is 20.2 Å². The number of hydrogen-bond donors (Lipinski definition) is 2. The van der Waals surface area contributed by atoms with Crippen LogP contribution in [0.1, 0.15) is 38.4 Å². The van der Waals surface area contributed by atoms with Gasteiger partial charge in [-0.15, -0.1) is 5.10 Å². The van der Waals surface area contributed by atoms with Crippen LogP contribution < -0.4 is 15.8 Å². The van der Waals surface area contributed by atoms with Gasteiger partial charge in [0.2, 0.25) is 5.91 Å². The molecule has 1 amide bonds. The number of carbonyl (C=O) groups excluding carboxylic acids is 1. The van der Waals surface area contributed by atoms with Crippen molar-refractivity contribution in [2.75, 3.05) is 12.4 Å². The van der Waals surface area contributed by atoms with E-state index in [0.29, 0.717) is 23.0 Å². The van der Waals surface area contributed by atoms with Crippen molar-refractivity contribution in [2.24, 2.45) is 11.7 Å². The fourth-order valence-corrected chi connectivity index (χ4v) is 2.39. The van der Waals surface area contributed by atoms with Crippen molar-refractivity contribution < 1.29 is 9.53 Å². The predicted molar refractivity (Wildman–Crippen MR) is 89.1 cm³/mol. The second-order valence-corrected chi connectivity index (χ2v) is 6.25. The van der Waals surface area contributed by atoms with Gasteiger partial charge in [-0.3, -0.25) is 4.79 Å². The van der Waals surface area contributed by atoms with Gasteiger partial charge in [-0.25, -0.2) is 0 Å². The molecule has 0 radical (unpaired) electrons. The number of rotatable bonds is 6. The van der Waals surface area contributed by atoms with Gasteiger partial charge in [0.25, 0.3) is 0 Å². The van der Waals surface area contributed by atoms with E-state index in [4.69, 9.17) is 10.5 Å². The molecule has 8 nitrogen and oxygen atoms in total. The normalized spacial score (nSPS) is 16.5. The smallest absolute Gasteiger partial charge is 0.228 e. The molecule has 1 aromatic carbocycles. The zero-order valence-electron chi connectivity index (χ0n) is 14.1. The van der Waals surface area contributed by atoms with Crippen molar-refractivity contribution in [1.29, 1.82) is 0 Å². The first-order chi connectivity index (χ1) is 11.5. The van der Waals surface area contributed by atoms with E-state index in [1.165, 1.54) is 0 Å². The van der Waals surface area contributed by atoms with Gasteiger partial charge in [-0.2, -0.15) is 4.68 Å². The van der Waals surface area contributed by atoms with Gasteiger partial charge < -0.3 is 15.8 Å². The molecule has 8 heteroatoms. The monoisotopic (exact) mass is 330 g/mol. The Morgan fingerprint density at radius 2 is 2.17 bits per heavy atom. The van der Waals surface area contributed by atoms with Gasteiger partial charge >= 0.3 is 0 Å². The third kappa shape index (κ3) is 3.23. The van der Waals surface area contributed by atoms with E-state index < -0.39 is 0 Å². The molecule has 0 saturated heterocycles. The summed E-state index contributed by atoms with van der Waals surface area (Å²) >= 11 is 0. The maximum atomic E-state index is 12.2. The van der Waals surface area contributed by atoms with Crippen LogP contribution in [0.4, 0.5) is 5.69 Å². The van der Waals surface area contributed by atoms with E-state index in [-0.39, 0.29) is 17.9 Å². The zero-order chi connectivity index (χ0) is 17.3. The van der Waals surface area contributed by atoms with Gasteiger partial charge in [-0.05, 0) is 48.4 Å². The molecule has 3 rings (SSSR count). The Morgan fingerprint density at radius 1 is 1.42 bits per heavy atom. The molecule has 2 atom stereocenters. The molecule has 2 unspecified atom stereocenters. The lowest BCUT2D eigenvalue weighted by Gasteiger charge is -2.16. The molecule has 1 aliphatic rings. The second-order valence-electron chi connectivity index (χ2n) is 6.25. The number of amides is 1. The Bertz CT molecular complexity index is 738. The number of aromatic nitrogens is 4. The summed E-state index contributed by atoms with van der Waals surface area (Å²) in [6.07, 6.45) is 2.18. The molecule has 24 heavy (non-hydrogen) atoms. The van der Waals surface area contributed by atoms with Crippen molar-refractivity contribution >= 4 is 11.6 Å². The van der Waals surface area contributed by atoms with Gasteiger partial charge in [0, 0.05) is 17.6 Å². The quantitative estimate of drug-likeness (QED) is 0.830. The number of tetrazole rings is 1. The Labute approximate surface area is 140 Å². The second kappa shape index (κ2) is 6.56. The summed E-state index contributed by atoms with van der Waals surface area (Å²) in [6, 6.07) is 5.17. The van der Waals surface area contributed by atoms with Crippen molar-refractivity contribution in [2.45, 2.75) is 38.6 Å². The number of carbonyl (C=O) groups is 1. The number of ether oxygens (including phenoxy) is 1. The molecule has 1 saturated carbocycles. The summed E-state index contributed by atoms with van der Waals surface area (Å²) in [4.78, 5) is 12.2. The van der Waals surface area contributed by atoms with E-state index in [9.17, 15) is 4.79 Å². The average molecular weight is 330 g/mol. The third-order valence-electron chi connectivity index (χ3n) is 4.31. The maximum Gasteiger partial charge on any atom is 0.228 e. The number of hydrogen-bond acceptors (Lipinski definition) is 6. The van der Waals surface area contributed by atoms with Gasteiger partial charge in [0.05, 0.1) is 13.0 Å². The fourth-order valence-electron chi connectivity index (χ4n) is 2.39. The maximum absolute atomic E-state index is 12.2. The number of benzene rings is 1. The Balaban J connectivity index is 1.91. The van der Waals surface area contributed by atoms with Gasteiger partial charge in [0.1, 0.15) is 11.4 Å². The highest BCUT2D eigenvalue weighted by Gasteiger charge is 2.30. The number of methoxy groups -OCH3 is 1. The molecule has 0 spiro atoms. The van der Waals surface area contributed by atoms with Crippen molar-refractivity contribution in [3.8, 4) is 11.4 Å². The minimum atomic E-state index is -0.286. The van der Waals surface area contributed by atoms with Crippen LogP contribution in [0.25, 0.3) is 5.69 Å². The van der Waals surface area contributed by atoms with Crippen LogP contribution in [0.15, 0.2) is 18.2 Å². The number of nitrogens with zero attached hydrogens (tertiary/aromatic N) is 4. The Morgan fingerprint density at radius 3 is 2.79 bits per heavy atom. The van der Waals surface area contributed by atoms with Crippen LogP contribution in [0, 0.1) is 5.92 Å². The summed E-state index contributed by atoms with van der Waals surface area (Å²) in [5, 5.41) is 14.9. The summed E-state index contributed by atoms with van der Waals surface area (Å²) in [5.74, 6) is 1.44. The lowest BCUT2D eigenvalue weighted by Crippen LogP contribution is -2.34. The average Bonchev–Trinajstić information content (AvgIpc) is 3.30. The Hall–Kier alpha value is -2.48. The predicted octanol–water partition coefficient (Wildman–Crippen LogP) is 1.47. The first kappa shape index (κ1) is 16.4. The van der Waals surface area contributed by atoms with E-state index in [1.54, 1.807) is 30.8 Å². The van der Waals surface area contributed by atoms with Crippen LogP contribution >= 0.6 is 0 Å². The van der Waals surface area contributed by atoms with Crippen LogP contribution in [0.3, 0.4) is 0 Å². The molecule has 1 heterocycles. The topological polar surface area (TPSA) is 108 Å². The summed E-state index contributed by atoms with van der Waals surface area (Å²) in [5.41, 5.74) is 7.15. The minimum Gasteiger partial charge on any atom is -0.494 e. The molecule has 1 fully saturated rings. The molecule has 1 aliphatic carbocycles. The van der Waals surface area contributed by atoms with Crippen LogP contribution in [-0.4, -0.2) is 39.3 Å². The highest BCUT2D eigenvalue weighted by atomic mass is 16.5. The lowest BCUT2D eigenvalue weighted by atomic mass is 10.0. The summed E-state index contributed by atoms with van der Waals surface area (Å²) < 4.78 is 7.10. The number of nitrogens with two attached hydrogens (primary N) is 1. The molecular formula is C16H22N6O2. The summed E-state index contributed by atoms with van der Waals surface area (Å²) in [6.45, 7) is 3.61. The van der Waals surface area contributed by atoms with Crippen LogP contribution in [-0.2, 0) is 4.79 Å². The molecule has 1 aromatic heterocycles. The number of nitrogens with one attached hydrogen (secondary N) is 1. The SMILES string of the molecule is COc1ccc(NC(=O)C(C)C(C)N)cc1-n1nnnc1C1CC1. The standard InChI is InChI=1S/C16H22N6O2/c1-9(10(2)17)16(23)18-12-6-7-14(24-3)13(8-12)22-15(11-4-5-11)19-20-21-22/h6-11H,4-5,17H2,1-3H3,(H,18,23). The summed E-state index contributed by atoms with van der Waals surface area (Å²) in [7, 11) is 1.59. The van der Waals surface area contributed by atoms with Crippen molar-refractivity contribution in [3.63, 3.8) is 0 Å². The molecule has 2 aromatic rings. The first-order valence-corrected chi connectivity index (χ1v) is 8.04. The van der Waals surface area contributed by atoms with Gasteiger partial charge in [-0.1, -0.05) is 6.92 Å². The Kier molecular flexibility index (Phi) is 4.48. The van der Waals surface area contributed by atoms with E-state index in [1.807, 2.05) is 13.0 Å². The highest BCUT2D eigenvalue weighted by Crippen LogP contribution is 2.40. The molecule has 0 bridgehead atoms. The van der Waals surface area contributed by atoms with Crippen molar-refractivity contribution in [3.05, 3.63) is 24.0 Å². The van der Waals surface area contributed by atoms with E-state index in [0.717, 1.165) is 18.7 Å².